The number of aryl methyl sites for hydroxylation is 2. The molecule has 0 bridgehead atoms. The Kier molecular flexibility index (Phi) is 10.0. The van der Waals surface area contributed by atoms with E-state index in [0.717, 1.165) is 63.1 Å². The van der Waals surface area contributed by atoms with Crippen molar-refractivity contribution in [2.45, 2.75) is 76.5 Å². The van der Waals surface area contributed by atoms with Crippen LogP contribution < -0.4 is 10.1 Å². The van der Waals surface area contributed by atoms with Gasteiger partial charge in [0.25, 0.3) is 0 Å². The smallest absolute Gasteiger partial charge is 0.325 e. The second kappa shape index (κ2) is 13.3. The molecule has 2 aliphatic heterocycles. The third-order valence-corrected chi connectivity index (χ3v) is 8.59. The minimum Gasteiger partial charge on any atom is -0.493 e. The number of hydrogen-bond donors (Lipinski definition) is 2. The highest BCUT2D eigenvalue weighted by Crippen LogP contribution is 2.38. The summed E-state index contributed by atoms with van der Waals surface area (Å²) >= 11 is 0. The summed E-state index contributed by atoms with van der Waals surface area (Å²) in [6, 6.07) is 6.70. The lowest BCUT2D eigenvalue weighted by molar-refractivity contribution is -0.143. The van der Waals surface area contributed by atoms with Gasteiger partial charge in [0.05, 0.1) is 12.7 Å². The summed E-state index contributed by atoms with van der Waals surface area (Å²) < 4.78 is 26.0. The minimum atomic E-state index is -1.01. The summed E-state index contributed by atoms with van der Waals surface area (Å²) in [6.07, 6.45) is 7.40. The topological polar surface area (TPSA) is 87.2 Å². The first-order valence-corrected chi connectivity index (χ1v) is 14.5. The minimum absolute atomic E-state index is 0.0240. The Morgan fingerprint density at radius 1 is 1.27 bits per heavy atom. The molecule has 9 heteroatoms. The predicted octanol–water partition coefficient (Wildman–Crippen LogP) is 5.01. The molecule has 1 fully saturated rings. The van der Waals surface area contributed by atoms with Gasteiger partial charge in [-0.1, -0.05) is 12.5 Å². The van der Waals surface area contributed by atoms with E-state index in [4.69, 9.17) is 14.5 Å². The van der Waals surface area contributed by atoms with E-state index >= 15 is 4.39 Å². The molecule has 1 aromatic carbocycles. The van der Waals surface area contributed by atoms with Crippen LogP contribution in [-0.2, 0) is 28.0 Å². The van der Waals surface area contributed by atoms with E-state index in [1.807, 2.05) is 18.7 Å². The number of nitrogens with zero attached hydrogens (tertiary/aromatic N) is 3. The molecule has 3 heterocycles. The van der Waals surface area contributed by atoms with Gasteiger partial charge in [-0.2, -0.15) is 0 Å². The molecule has 40 heavy (non-hydrogen) atoms. The fraction of sp³-hybridized carbons (Fsp3) is 0.613. The van der Waals surface area contributed by atoms with Crippen LogP contribution in [0.3, 0.4) is 0 Å². The van der Waals surface area contributed by atoms with Gasteiger partial charge in [-0.15, -0.1) is 0 Å². The Morgan fingerprint density at radius 3 is 2.80 bits per heavy atom. The van der Waals surface area contributed by atoms with Gasteiger partial charge in [0.1, 0.15) is 11.9 Å². The number of pyridine rings is 1. The Balaban J connectivity index is 1.33. The molecule has 0 saturated carbocycles. The number of likely N-dealkylation sites (N-methyl/N-ethyl adjacent to an activating group) is 1. The normalized spacial score (nSPS) is 18.4. The van der Waals surface area contributed by atoms with E-state index in [2.05, 4.69) is 29.4 Å². The monoisotopic (exact) mass is 556 g/mol. The number of rotatable bonds is 13. The second-order valence-corrected chi connectivity index (χ2v) is 11.6. The average molecular weight is 557 g/mol. The molecule has 2 aliphatic rings. The number of aliphatic carboxylic acids is 1. The van der Waals surface area contributed by atoms with Crippen molar-refractivity contribution in [3.63, 3.8) is 0 Å². The number of fused-ring (bicyclic) bond motifs is 1. The largest absolute Gasteiger partial charge is 0.493 e. The fourth-order valence-electron chi connectivity index (χ4n) is 5.88. The van der Waals surface area contributed by atoms with Crippen molar-refractivity contribution in [1.29, 1.82) is 0 Å². The number of anilines is 1. The van der Waals surface area contributed by atoms with Crippen LogP contribution in [0.2, 0.25) is 0 Å². The first-order chi connectivity index (χ1) is 19.1. The number of hydrogen-bond acceptors (Lipinski definition) is 7. The Bertz CT molecular complexity index is 1170. The molecule has 0 amide bonds. The number of benzene rings is 1. The van der Waals surface area contributed by atoms with Crippen LogP contribution >= 0.6 is 0 Å². The molecule has 1 saturated heterocycles. The average Bonchev–Trinajstić information content (AvgIpc) is 3.42. The van der Waals surface area contributed by atoms with E-state index in [9.17, 15) is 9.90 Å². The molecule has 1 aromatic heterocycles. The molecule has 2 aromatic rings. The Labute approximate surface area is 237 Å². The van der Waals surface area contributed by atoms with E-state index in [0.29, 0.717) is 24.2 Å². The maximum Gasteiger partial charge on any atom is 0.325 e. The number of halogens is 1. The molecule has 0 spiro atoms. The van der Waals surface area contributed by atoms with Gasteiger partial charge >= 0.3 is 5.97 Å². The maximum absolute atomic E-state index is 15.1. The third kappa shape index (κ3) is 6.93. The van der Waals surface area contributed by atoms with E-state index in [1.54, 1.807) is 13.2 Å². The van der Waals surface area contributed by atoms with Gasteiger partial charge < -0.3 is 24.8 Å². The van der Waals surface area contributed by atoms with Crippen LogP contribution in [0.25, 0.3) is 0 Å². The van der Waals surface area contributed by atoms with Crippen molar-refractivity contribution in [2.75, 3.05) is 52.8 Å². The van der Waals surface area contributed by atoms with Crippen LogP contribution in [0.5, 0.6) is 5.75 Å². The van der Waals surface area contributed by atoms with Crippen molar-refractivity contribution < 1.29 is 23.8 Å². The summed E-state index contributed by atoms with van der Waals surface area (Å²) in [5, 5.41) is 13.7. The van der Waals surface area contributed by atoms with Gasteiger partial charge in [0, 0.05) is 44.0 Å². The molecule has 0 aliphatic carbocycles. The summed E-state index contributed by atoms with van der Waals surface area (Å²) in [5.74, 6) is -0.562. The number of aromatic nitrogens is 1. The van der Waals surface area contributed by atoms with Gasteiger partial charge in [-0.3, -0.25) is 9.69 Å². The van der Waals surface area contributed by atoms with Crippen LogP contribution in [0, 0.1) is 5.82 Å². The lowest BCUT2D eigenvalue weighted by Gasteiger charge is -2.30. The summed E-state index contributed by atoms with van der Waals surface area (Å²) in [6.45, 7) is 6.83. The van der Waals surface area contributed by atoms with Crippen molar-refractivity contribution in [2.24, 2.45) is 0 Å². The van der Waals surface area contributed by atoms with Gasteiger partial charge in [0.15, 0.2) is 11.6 Å². The van der Waals surface area contributed by atoms with E-state index < -0.39 is 23.4 Å². The van der Waals surface area contributed by atoms with Crippen molar-refractivity contribution in [3.8, 4) is 5.75 Å². The quantitative estimate of drug-likeness (QED) is 0.333. The molecule has 2 N–H and O–H groups in total. The van der Waals surface area contributed by atoms with Crippen LogP contribution in [0.4, 0.5) is 10.2 Å². The summed E-state index contributed by atoms with van der Waals surface area (Å²) in [7, 11) is 5.05. The Hall–Kier alpha value is -2.75. The highest BCUT2D eigenvalue weighted by Gasteiger charge is 2.38. The number of nitrogens with one attached hydrogen (secondary N) is 1. The number of unbranched alkanes of at least 4 members (excludes halogenated alkanes) is 2. The summed E-state index contributed by atoms with van der Waals surface area (Å²) in [5.41, 5.74) is 2.60. The molecule has 0 unspecified atom stereocenters. The number of carbonyl (C=O) groups is 1. The zero-order chi connectivity index (χ0) is 28.9. The number of methoxy groups -OCH3 is 2. The zero-order valence-electron chi connectivity index (χ0n) is 24.6. The number of ether oxygens (including phenoxy) is 2. The molecular formula is C31H45FN4O4. The molecule has 220 valence electrons. The van der Waals surface area contributed by atoms with Crippen molar-refractivity contribution in [1.82, 2.24) is 14.8 Å². The van der Waals surface area contributed by atoms with Crippen LogP contribution in [0.1, 0.15) is 74.4 Å². The molecule has 4 rings (SSSR count). The standard InChI is InChI=1S/C31H45FN4O4/c1-31(2,40-5)22-18-25(28(39-4)26(32)19-22)27(30(37)38)36-17-14-24(20-36)35(3)16-8-6-7-11-23-13-12-21-10-9-15-33-29(21)34-23/h12-13,18-19,24,27H,6-11,14-17,20H2,1-5H3,(H,33,34)(H,37,38)/t24-,27+/m1/s1. The molecule has 8 nitrogen and oxygen atoms in total. The number of likely N-dealkylation sites (tertiary alicyclic amines) is 1. The SMILES string of the molecule is COc1c(F)cc(C(C)(C)OC)cc1[C@@H](C(=O)O)N1CC[C@@H](N(C)CCCCCc2ccc3c(n2)NCCC3)C1. The van der Waals surface area contributed by atoms with Crippen molar-refractivity contribution in [3.05, 3.63) is 52.5 Å². The first kappa shape index (κ1) is 30.2. The predicted molar refractivity (Wildman–Crippen MR) is 155 cm³/mol. The van der Waals surface area contributed by atoms with E-state index in [-0.39, 0.29) is 11.8 Å². The Morgan fingerprint density at radius 2 is 2.08 bits per heavy atom. The lowest BCUT2D eigenvalue weighted by Crippen LogP contribution is -2.38. The molecule has 2 atom stereocenters. The highest BCUT2D eigenvalue weighted by atomic mass is 19.1. The second-order valence-electron chi connectivity index (χ2n) is 11.6. The number of carboxylic acid groups (broad SMARTS) is 1. The molecular weight excluding hydrogens is 511 g/mol. The molecule has 0 radical (unpaired) electrons. The lowest BCUT2D eigenvalue weighted by atomic mass is 9.92. The van der Waals surface area contributed by atoms with Gasteiger partial charge in [0.2, 0.25) is 0 Å². The number of carboxylic acids is 1. The van der Waals surface area contributed by atoms with Crippen LogP contribution in [-0.4, -0.2) is 79.3 Å². The zero-order valence-corrected chi connectivity index (χ0v) is 24.6. The third-order valence-electron chi connectivity index (χ3n) is 8.59. The maximum atomic E-state index is 15.1. The van der Waals surface area contributed by atoms with Gasteiger partial charge in [-0.25, -0.2) is 9.37 Å². The highest BCUT2D eigenvalue weighted by molar-refractivity contribution is 5.77. The first-order valence-electron chi connectivity index (χ1n) is 14.5. The van der Waals surface area contributed by atoms with Crippen molar-refractivity contribution >= 4 is 11.8 Å². The van der Waals surface area contributed by atoms with E-state index in [1.165, 1.54) is 25.2 Å². The van der Waals surface area contributed by atoms with Gasteiger partial charge in [-0.05, 0) is 95.3 Å². The summed E-state index contributed by atoms with van der Waals surface area (Å²) in [4.78, 5) is 21.6. The van der Waals surface area contributed by atoms with Crippen LogP contribution in [0.15, 0.2) is 24.3 Å². The fourth-order valence-corrected chi connectivity index (χ4v) is 5.88.